The van der Waals surface area contributed by atoms with E-state index in [-0.39, 0.29) is 6.61 Å². The molecule has 0 unspecified atom stereocenters. The molecule has 0 bridgehead atoms. The number of hydrogen-bond acceptors (Lipinski definition) is 5. The Balaban J connectivity index is 1.66. The van der Waals surface area contributed by atoms with Crippen molar-refractivity contribution in [2.24, 2.45) is 0 Å². The molecule has 0 saturated carbocycles. The Bertz CT molecular complexity index is 1500. The third kappa shape index (κ3) is 8.80. The smallest absolute Gasteiger partial charge is 0.415 e. The van der Waals surface area contributed by atoms with Crippen LogP contribution in [-0.4, -0.2) is 55.9 Å². The minimum atomic E-state index is -1.13. The Morgan fingerprint density at radius 2 is 1.33 bits per heavy atom. The molecule has 0 saturated heterocycles. The van der Waals surface area contributed by atoms with Crippen LogP contribution in [0.25, 0.3) is 11.1 Å². The molecule has 0 spiro atoms. The number of benzene rings is 4. The van der Waals surface area contributed by atoms with E-state index in [1.54, 1.807) is 12.1 Å². The fraction of sp³-hybridized carbons (Fsp3) is 0.222. The van der Waals surface area contributed by atoms with E-state index in [9.17, 15) is 14.7 Å². The standard InChI is InChI=1S/C36H38N2O5/c1-4-33(28-13-9-6-10-14-28)35(30-17-21-32(22-18-30)42-24-23-37(2)3)29-15-19-31(20-16-29)38(25-34(39)40)36(41)43-26-27-11-7-5-8-12-27/h5-22H,4,23-26H2,1-3H3,(H,39,40). The molecule has 0 aliphatic rings. The molecule has 43 heavy (non-hydrogen) atoms. The van der Waals surface area contributed by atoms with Gasteiger partial charge in [-0.2, -0.15) is 0 Å². The highest BCUT2D eigenvalue weighted by molar-refractivity contribution is 5.99. The highest BCUT2D eigenvalue weighted by Crippen LogP contribution is 2.36. The number of carbonyl (C=O) groups is 2. The minimum Gasteiger partial charge on any atom is -0.492 e. The average molecular weight is 579 g/mol. The molecule has 0 atom stereocenters. The molecule has 0 radical (unpaired) electrons. The Labute approximate surface area is 253 Å². The number of allylic oxidation sites excluding steroid dienone is 1. The number of carbonyl (C=O) groups excluding carboxylic acids is 1. The maximum atomic E-state index is 13.0. The lowest BCUT2D eigenvalue weighted by molar-refractivity contribution is -0.135. The van der Waals surface area contributed by atoms with Crippen LogP contribution < -0.4 is 9.64 Å². The molecule has 0 heterocycles. The Morgan fingerprint density at radius 3 is 1.88 bits per heavy atom. The van der Waals surface area contributed by atoms with Gasteiger partial charge in [0, 0.05) is 12.2 Å². The number of carboxylic acid groups (broad SMARTS) is 1. The van der Waals surface area contributed by atoms with Crippen LogP contribution in [0.1, 0.15) is 35.6 Å². The summed E-state index contributed by atoms with van der Waals surface area (Å²) in [4.78, 5) is 27.9. The number of likely N-dealkylation sites (N-methyl/N-ethyl adjacent to an activating group) is 1. The zero-order chi connectivity index (χ0) is 30.6. The Hall–Kier alpha value is -4.88. The fourth-order valence-corrected chi connectivity index (χ4v) is 4.75. The maximum Gasteiger partial charge on any atom is 0.415 e. The molecule has 222 valence electrons. The number of anilines is 1. The summed E-state index contributed by atoms with van der Waals surface area (Å²) in [7, 11) is 4.03. The molecule has 1 N–H and O–H groups in total. The number of ether oxygens (including phenoxy) is 2. The van der Waals surface area contributed by atoms with E-state index >= 15 is 0 Å². The second-order valence-electron chi connectivity index (χ2n) is 10.3. The first-order chi connectivity index (χ1) is 20.9. The van der Waals surface area contributed by atoms with Gasteiger partial charge in [-0.25, -0.2) is 4.79 Å². The molecule has 7 nitrogen and oxygen atoms in total. The molecule has 4 aromatic carbocycles. The van der Waals surface area contributed by atoms with E-state index in [2.05, 4.69) is 36.1 Å². The van der Waals surface area contributed by atoms with Crippen LogP contribution in [0, 0.1) is 0 Å². The van der Waals surface area contributed by atoms with Crippen molar-refractivity contribution in [1.29, 1.82) is 0 Å². The van der Waals surface area contributed by atoms with Crippen LogP contribution in [0.2, 0.25) is 0 Å². The summed E-state index contributed by atoms with van der Waals surface area (Å²) in [5, 5.41) is 9.54. The minimum absolute atomic E-state index is 0.0482. The van der Waals surface area contributed by atoms with Crippen molar-refractivity contribution in [3.8, 4) is 5.75 Å². The predicted octanol–water partition coefficient (Wildman–Crippen LogP) is 7.22. The first-order valence-corrected chi connectivity index (χ1v) is 14.3. The molecule has 1 amide bonds. The summed E-state index contributed by atoms with van der Waals surface area (Å²) in [6.07, 6.45) is 0.0669. The molecular weight excluding hydrogens is 540 g/mol. The van der Waals surface area contributed by atoms with Crippen molar-refractivity contribution in [1.82, 2.24) is 4.90 Å². The predicted molar refractivity (Wildman–Crippen MR) is 171 cm³/mol. The van der Waals surface area contributed by atoms with Crippen LogP contribution in [0.3, 0.4) is 0 Å². The van der Waals surface area contributed by atoms with Gasteiger partial charge in [0.05, 0.1) is 0 Å². The fourth-order valence-electron chi connectivity index (χ4n) is 4.75. The van der Waals surface area contributed by atoms with Gasteiger partial charge in [-0.05, 0) is 78.2 Å². The first-order valence-electron chi connectivity index (χ1n) is 14.3. The first kappa shape index (κ1) is 31.1. The number of nitrogens with zero attached hydrogens (tertiary/aromatic N) is 2. The summed E-state index contributed by atoms with van der Waals surface area (Å²) < 4.78 is 11.4. The van der Waals surface area contributed by atoms with Crippen LogP contribution in [0.4, 0.5) is 10.5 Å². The van der Waals surface area contributed by atoms with Crippen LogP contribution in [0.15, 0.2) is 109 Å². The largest absolute Gasteiger partial charge is 0.492 e. The summed E-state index contributed by atoms with van der Waals surface area (Å²) in [5.41, 5.74) is 6.56. The van der Waals surface area contributed by atoms with Crippen LogP contribution in [0.5, 0.6) is 5.75 Å². The maximum absolute atomic E-state index is 13.0. The van der Waals surface area contributed by atoms with Gasteiger partial charge < -0.3 is 19.5 Å². The highest BCUT2D eigenvalue weighted by Gasteiger charge is 2.21. The Kier molecular flexibility index (Phi) is 11.1. The summed E-state index contributed by atoms with van der Waals surface area (Å²) in [5.74, 6) is -0.331. The van der Waals surface area contributed by atoms with Crippen LogP contribution >= 0.6 is 0 Å². The van der Waals surface area contributed by atoms with E-state index in [4.69, 9.17) is 9.47 Å². The topological polar surface area (TPSA) is 79.3 Å². The van der Waals surface area contributed by atoms with Gasteiger partial charge in [0.15, 0.2) is 0 Å². The number of rotatable bonds is 13. The SMILES string of the molecule is CCC(=C(c1ccc(OCCN(C)C)cc1)c1ccc(N(CC(=O)O)C(=O)OCc2ccccc2)cc1)c1ccccc1. The highest BCUT2D eigenvalue weighted by atomic mass is 16.6. The summed E-state index contributed by atoms with van der Waals surface area (Å²) in [6, 6.07) is 35.0. The normalized spacial score (nSPS) is 11.5. The number of aliphatic carboxylic acids is 1. The lowest BCUT2D eigenvalue weighted by Crippen LogP contribution is -2.36. The molecule has 0 aliphatic heterocycles. The zero-order valence-electron chi connectivity index (χ0n) is 24.9. The van der Waals surface area contributed by atoms with Gasteiger partial charge >= 0.3 is 12.1 Å². The number of hydrogen-bond donors (Lipinski definition) is 1. The Morgan fingerprint density at radius 1 is 0.744 bits per heavy atom. The van der Waals surface area contributed by atoms with Gasteiger partial charge in [0.2, 0.25) is 0 Å². The van der Waals surface area contributed by atoms with E-state index in [1.807, 2.05) is 86.9 Å². The van der Waals surface area contributed by atoms with Crippen molar-refractivity contribution in [2.75, 3.05) is 38.7 Å². The quantitative estimate of drug-likeness (QED) is 0.169. The molecule has 4 aromatic rings. The molecule has 0 aromatic heterocycles. The van der Waals surface area contributed by atoms with Gasteiger partial charge in [-0.1, -0.05) is 91.9 Å². The second kappa shape index (κ2) is 15.4. The van der Waals surface area contributed by atoms with Crippen molar-refractivity contribution >= 4 is 28.9 Å². The van der Waals surface area contributed by atoms with Gasteiger partial charge in [-0.3, -0.25) is 9.69 Å². The van der Waals surface area contributed by atoms with Crippen molar-refractivity contribution < 1.29 is 24.2 Å². The lowest BCUT2D eigenvalue weighted by atomic mass is 9.88. The molecule has 7 heteroatoms. The molecule has 0 aliphatic carbocycles. The van der Waals surface area contributed by atoms with Gasteiger partial charge in [-0.15, -0.1) is 0 Å². The van der Waals surface area contributed by atoms with E-state index in [0.717, 1.165) is 51.4 Å². The molecule has 0 fully saturated rings. The van der Waals surface area contributed by atoms with Crippen LogP contribution in [-0.2, 0) is 16.1 Å². The molecule has 4 rings (SSSR count). The lowest BCUT2D eigenvalue weighted by Gasteiger charge is -2.22. The third-order valence-electron chi connectivity index (χ3n) is 6.91. The van der Waals surface area contributed by atoms with Crippen molar-refractivity contribution in [2.45, 2.75) is 20.0 Å². The zero-order valence-corrected chi connectivity index (χ0v) is 24.9. The van der Waals surface area contributed by atoms with Gasteiger partial charge in [0.25, 0.3) is 0 Å². The monoisotopic (exact) mass is 578 g/mol. The summed E-state index contributed by atoms with van der Waals surface area (Å²) in [6.45, 7) is 3.09. The van der Waals surface area contributed by atoms with E-state index in [0.29, 0.717) is 12.3 Å². The third-order valence-corrected chi connectivity index (χ3v) is 6.91. The van der Waals surface area contributed by atoms with Crippen molar-refractivity contribution in [3.63, 3.8) is 0 Å². The van der Waals surface area contributed by atoms with Crippen molar-refractivity contribution in [3.05, 3.63) is 131 Å². The number of carboxylic acids is 1. The number of amides is 1. The van der Waals surface area contributed by atoms with Gasteiger partial charge in [0.1, 0.15) is 25.5 Å². The second-order valence-corrected chi connectivity index (χ2v) is 10.3. The summed E-state index contributed by atoms with van der Waals surface area (Å²) >= 11 is 0. The van der Waals surface area contributed by atoms with E-state index in [1.165, 1.54) is 5.57 Å². The van der Waals surface area contributed by atoms with E-state index < -0.39 is 18.6 Å². The average Bonchev–Trinajstić information content (AvgIpc) is 3.02. The molecular formula is C36H38N2O5.